The van der Waals surface area contributed by atoms with Crippen LogP contribution in [0.25, 0.3) is 0 Å². The topological polar surface area (TPSA) is 67.4 Å². The average Bonchev–Trinajstić information content (AvgIpc) is 2.80. The zero-order chi connectivity index (χ0) is 15.9. The molecule has 2 fully saturated rings. The number of fused-ring (bicyclic) bond motifs is 2. The lowest BCUT2D eigenvalue weighted by Gasteiger charge is -2.29. The molecule has 9 heteroatoms. The summed E-state index contributed by atoms with van der Waals surface area (Å²) in [6, 6.07) is 2.93. The third-order valence-electron chi connectivity index (χ3n) is 4.29. The predicted molar refractivity (Wildman–Crippen MR) is 91.2 cm³/mol. The van der Waals surface area contributed by atoms with E-state index < -0.39 is 15.8 Å². The summed E-state index contributed by atoms with van der Waals surface area (Å²) in [4.78, 5) is -0.165. The minimum absolute atomic E-state index is 0. The molecule has 130 valence electrons. The van der Waals surface area contributed by atoms with Crippen LogP contribution in [-0.4, -0.2) is 33.7 Å². The average molecular weight is 430 g/mol. The second-order valence-corrected chi connectivity index (χ2v) is 8.38. The van der Waals surface area contributed by atoms with Gasteiger partial charge in [0.05, 0.1) is 11.6 Å². The van der Waals surface area contributed by atoms with Crippen LogP contribution in [0.4, 0.5) is 4.39 Å². The lowest BCUT2D eigenvalue weighted by molar-refractivity contribution is 0.344. The van der Waals surface area contributed by atoms with Gasteiger partial charge in [0.15, 0.2) is 0 Å². The Morgan fingerprint density at radius 3 is 2.48 bits per heavy atom. The molecule has 23 heavy (non-hydrogen) atoms. The molecule has 0 saturated carbocycles. The zero-order valence-corrected chi connectivity index (χ0v) is 15.7. The second-order valence-electron chi connectivity index (χ2n) is 5.84. The van der Waals surface area contributed by atoms with Crippen molar-refractivity contribution in [3.63, 3.8) is 0 Å². The number of hydrogen-bond acceptors (Lipinski definition) is 4. The third kappa shape index (κ3) is 3.99. The Hall–Kier alpha value is -0.410. The maximum Gasteiger partial charge on any atom is 0.244 e. The van der Waals surface area contributed by atoms with Crippen molar-refractivity contribution in [2.24, 2.45) is 0 Å². The molecule has 2 aliphatic rings. The molecule has 2 heterocycles. The van der Waals surface area contributed by atoms with Crippen molar-refractivity contribution in [1.29, 1.82) is 0 Å². The van der Waals surface area contributed by atoms with Crippen LogP contribution in [-0.2, 0) is 10.0 Å². The lowest BCUT2D eigenvalue weighted by atomic mass is 10.0. The molecule has 0 radical (unpaired) electrons. The fraction of sp³-hybridized carbons (Fsp3) is 0.571. The van der Waals surface area contributed by atoms with Crippen LogP contribution in [0.1, 0.15) is 25.7 Å². The van der Waals surface area contributed by atoms with Gasteiger partial charge >= 0.3 is 0 Å². The van der Waals surface area contributed by atoms with Crippen LogP contribution < -0.4 is 14.8 Å². The Balaban J connectivity index is 0.00000192. The Bertz CT molecular complexity index is 677. The van der Waals surface area contributed by atoms with Crippen LogP contribution in [0.5, 0.6) is 5.75 Å². The van der Waals surface area contributed by atoms with Crippen LogP contribution in [0.3, 0.4) is 0 Å². The molecule has 0 spiro atoms. The Labute approximate surface area is 149 Å². The molecule has 2 unspecified atom stereocenters. The van der Waals surface area contributed by atoms with E-state index in [4.69, 9.17) is 4.74 Å². The van der Waals surface area contributed by atoms with Gasteiger partial charge in [-0.1, -0.05) is 0 Å². The molecule has 2 bridgehead atoms. The fourth-order valence-electron chi connectivity index (χ4n) is 3.32. The van der Waals surface area contributed by atoms with E-state index in [1.54, 1.807) is 0 Å². The van der Waals surface area contributed by atoms with E-state index in [0.29, 0.717) is 12.1 Å². The maximum atomic E-state index is 13.7. The molecule has 2 aliphatic heterocycles. The van der Waals surface area contributed by atoms with Crippen molar-refractivity contribution < 1.29 is 17.5 Å². The summed E-state index contributed by atoms with van der Waals surface area (Å²) < 4.78 is 46.9. The monoisotopic (exact) mass is 428 g/mol. The molecule has 0 aromatic heterocycles. The predicted octanol–water partition coefficient (Wildman–Crippen LogP) is 2.58. The molecule has 5 nitrogen and oxygen atoms in total. The van der Waals surface area contributed by atoms with Crippen LogP contribution in [0, 0.1) is 5.82 Å². The first-order valence-corrected chi connectivity index (χ1v) is 9.48. The lowest BCUT2D eigenvalue weighted by Crippen LogP contribution is -2.47. The van der Waals surface area contributed by atoms with Crippen molar-refractivity contribution >= 4 is 38.4 Å². The quantitative estimate of drug-likeness (QED) is 0.772. The maximum absolute atomic E-state index is 13.7. The molecule has 2 N–H and O–H groups in total. The van der Waals surface area contributed by atoms with E-state index in [-0.39, 0.29) is 33.6 Å². The number of piperidine rings is 1. The molecule has 0 aliphatic carbocycles. The summed E-state index contributed by atoms with van der Waals surface area (Å²) in [5, 5.41) is 3.46. The number of rotatable bonds is 4. The van der Waals surface area contributed by atoms with Gasteiger partial charge in [-0.2, -0.15) is 0 Å². The third-order valence-corrected chi connectivity index (χ3v) is 6.44. The Morgan fingerprint density at radius 1 is 1.30 bits per heavy atom. The van der Waals surface area contributed by atoms with E-state index in [9.17, 15) is 12.8 Å². The molecule has 3 rings (SSSR count). The summed E-state index contributed by atoms with van der Waals surface area (Å²) in [5.41, 5.74) is 0. The highest BCUT2D eigenvalue weighted by Crippen LogP contribution is 2.32. The normalized spacial score (nSPS) is 26.7. The molecule has 2 atom stereocenters. The van der Waals surface area contributed by atoms with Gasteiger partial charge in [0.2, 0.25) is 10.0 Å². The number of methoxy groups -OCH3 is 1. The van der Waals surface area contributed by atoms with Gasteiger partial charge in [0.1, 0.15) is 16.5 Å². The van der Waals surface area contributed by atoms with Crippen molar-refractivity contribution in [1.82, 2.24) is 10.0 Å². The van der Waals surface area contributed by atoms with Crippen LogP contribution >= 0.6 is 28.3 Å². The van der Waals surface area contributed by atoms with E-state index in [0.717, 1.165) is 31.7 Å². The summed E-state index contributed by atoms with van der Waals surface area (Å²) in [6.45, 7) is 0. The smallest absolute Gasteiger partial charge is 0.244 e. The van der Waals surface area contributed by atoms with Crippen molar-refractivity contribution in [2.45, 2.75) is 48.7 Å². The standard InChI is InChI=1S/C14H18BrFN2O3S.ClH/c1-21-13-6-11(15)12(16)7-14(13)22(19,20)18-10-4-8-2-3-9(5-10)17-8;/h6-10,17-18H,2-5H2,1H3;1H. The van der Waals surface area contributed by atoms with Gasteiger partial charge in [0, 0.05) is 18.1 Å². The van der Waals surface area contributed by atoms with E-state index in [1.165, 1.54) is 13.2 Å². The van der Waals surface area contributed by atoms with Gasteiger partial charge in [0.25, 0.3) is 0 Å². The number of halogens is 3. The second kappa shape index (κ2) is 7.23. The first-order chi connectivity index (χ1) is 10.4. The minimum Gasteiger partial charge on any atom is -0.495 e. The zero-order valence-electron chi connectivity index (χ0n) is 12.5. The molecule has 2 saturated heterocycles. The minimum atomic E-state index is -3.82. The Kier molecular flexibility index (Phi) is 5.94. The first-order valence-electron chi connectivity index (χ1n) is 7.20. The van der Waals surface area contributed by atoms with Gasteiger partial charge in [-0.15, -0.1) is 12.4 Å². The first kappa shape index (κ1) is 18.9. The van der Waals surface area contributed by atoms with Crippen molar-refractivity contribution in [3.8, 4) is 5.75 Å². The number of nitrogens with one attached hydrogen (secondary N) is 2. The van der Waals surface area contributed by atoms with Gasteiger partial charge in [-0.25, -0.2) is 17.5 Å². The van der Waals surface area contributed by atoms with E-state index >= 15 is 0 Å². The van der Waals surface area contributed by atoms with Crippen LogP contribution in [0.2, 0.25) is 0 Å². The SMILES string of the molecule is COc1cc(Br)c(F)cc1S(=O)(=O)NC1CC2CCC(C1)N2.Cl. The van der Waals surface area contributed by atoms with Crippen molar-refractivity contribution in [2.75, 3.05) is 7.11 Å². The highest BCUT2D eigenvalue weighted by molar-refractivity contribution is 9.10. The molecular formula is C14H19BrClFN2O3S. The molecule has 1 aromatic carbocycles. The number of ether oxygens (including phenoxy) is 1. The van der Waals surface area contributed by atoms with Gasteiger partial charge in [-0.05, 0) is 53.7 Å². The number of benzene rings is 1. The summed E-state index contributed by atoms with van der Waals surface area (Å²) in [6.07, 6.45) is 3.69. The number of hydrogen-bond donors (Lipinski definition) is 2. The van der Waals surface area contributed by atoms with E-state index in [1.807, 2.05) is 0 Å². The number of sulfonamides is 1. The van der Waals surface area contributed by atoms with Crippen molar-refractivity contribution in [3.05, 3.63) is 22.4 Å². The largest absolute Gasteiger partial charge is 0.495 e. The molecule has 0 amide bonds. The van der Waals surface area contributed by atoms with Gasteiger partial charge in [-0.3, -0.25) is 0 Å². The highest BCUT2D eigenvalue weighted by atomic mass is 79.9. The van der Waals surface area contributed by atoms with Gasteiger partial charge < -0.3 is 10.1 Å². The summed E-state index contributed by atoms with van der Waals surface area (Å²) in [7, 11) is -2.46. The van der Waals surface area contributed by atoms with Crippen LogP contribution in [0.15, 0.2) is 21.5 Å². The Morgan fingerprint density at radius 2 is 1.91 bits per heavy atom. The summed E-state index contributed by atoms with van der Waals surface area (Å²) in [5.74, 6) is -0.510. The highest BCUT2D eigenvalue weighted by Gasteiger charge is 2.36. The van der Waals surface area contributed by atoms with E-state index in [2.05, 4.69) is 26.0 Å². The molecular weight excluding hydrogens is 411 g/mol. The fourth-order valence-corrected chi connectivity index (χ4v) is 5.06. The molecule has 1 aromatic rings. The summed E-state index contributed by atoms with van der Waals surface area (Å²) >= 11 is 3.03.